The van der Waals surface area contributed by atoms with E-state index in [0.717, 1.165) is 22.6 Å². The van der Waals surface area contributed by atoms with Crippen molar-refractivity contribution in [3.05, 3.63) is 53.6 Å². The number of amides is 1. The van der Waals surface area contributed by atoms with E-state index < -0.39 is 6.10 Å². The van der Waals surface area contributed by atoms with Crippen molar-refractivity contribution in [3.8, 4) is 17.2 Å². The molecule has 1 atom stereocenters. The third-order valence-electron chi connectivity index (χ3n) is 3.78. The number of benzene rings is 2. The fraction of sp³-hybridized carbons (Fsp3) is 0.316. The standard InChI is InChI=1S/C19H21NO4/c1-13-3-6-16(7-4-13)24-14(2)19(21)20-12-15-5-8-17-18(11-15)23-10-9-22-17/h3-8,11,14H,9-10,12H2,1-2H3,(H,20,21). The summed E-state index contributed by atoms with van der Waals surface area (Å²) in [7, 11) is 0. The molecular weight excluding hydrogens is 306 g/mol. The minimum atomic E-state index is -0.565. The second-order valence-corrected chi connectivity index (χ2v) is 5.77. The number of nitrogens with one attached hydrogen (secondary N) is 1. The molecule has 24 heavy (non-hydrogen) atoms. The Morgan fingerprint density at radius 1 is 1.12 bits per heavy atom. The van der Waals surface area contributed by atoms with Crippen LogP contribution in [-0.4, -0.2) is 25.2 Å². The molecule has 3 rings (SSSR count). The Balaban J connectivity index is 1.54. The number of ether oxygens (including phenoxy) is 3. The molecule has 0 saturated carbocycles. The van der Waals surface area contributed by atoms with Gasteiger partial charge in [-0.2, -0.15) is 0 Å². The Hall–Kier alpha value is -2.69. The summed E-state index contributed by atoms with van der Waals surface area (Å²) in [6.45, 7) is 5.27. The molecule has 0 spiro atoms. The van der Waals surface area contributed by atoms with Gasteiger partial charge in [-0.1, -0.05) is 23.8 Å². The monoisotopic (exact) mass is 327 g/mol. The molecule has 1 heterocycles. The Bertz CT molecular complexity index is 712. The highest BCUT2D eigenvalue weighted by Crippen LogP contribution is 2.30. The van der Waals surface area contributed by atoms with Crippen molar-refractivity contribution in [2.45, 2.75) is 26.5 Å². The van der Waals surface area contributed by atoms with E-state index >= 15 is 0 Å². The quantitative estimate of drug-likeness (QED) is 0.917. The largest absolute Gasteiger partial charge is 0.486 e. The maximum Gasteiger partial charge on any atom is 0.261 e. The molecule has 0 bridgehead atoms. The van der Waals surface area contributed by atoms with Crippen molar-refractivity contribution in [2.75, 3.05) is 13.2 Å². The summed E-state index contributed by atoms with van der Waals surface area (Å²) in [4.78, 5) is 12.2. The molecule has 0 fully saturated rings. The predicted molar refractivity (Wildman–Crippen MR) is 90.5 cm³/mol. The second-order valence-electron chi connectivity index (χ2n) is 5.77. The van der Waals surface area contributed by atoms with E-state index in [1.54, 1.807) is 6.92 Å². The van der Waals surface area contributed by atoms with Crippen LogP contribution in [0.5, 0.6) is 17.2 Å². The molecule has 5 heteroatoms. The van der Waals surface area contributed by atoms with Gasteiger partial charge in [0.05, 0.1) is 0 Å². The van der Waals surface area contributed by atoms with Crippen LogP contribution in [-0.2, 0) is 11.3 Å². The van der Waals surface area contributed by atoms with Crippen LogP contribution < -0.4 is 19.5 Å². The van der Waals surface area contributed by atoms with Gasteiger partial charge in [0.2, 0.25) is 0 Å². The number of rotatable bonds is 5. The third kappa shape index (κ3) is 3.98. The predicted octanol–water partition coefficient (Wildman–Crippen LogP) is 2.85. The zero-order valence-corrected chi connectivity index (χ0v) is 13.9. The molecule has 2 aromatic carbocycles. The van der Waals surface area contributed by atoms with Gasteiger partial charge in [0.15, 0.2) is 17.6 Å². The Kier molecular flexibility index (Phi) is 4.89. The zero-order chi connectivity index (χ0) is 16.9. The van der Waals surface area contributed by atoms with Crippen LogP contribution in [0.3, 0.4) is 0 Å². The van der Waals surface area contributed by atoms with Gasteiger partial charge < -0.3 is 19.5 Å². The van der Waals surface area contributed by atoms with Gasteiger partial charge in [0.25, 0.3) is 5.91 Å². The van der Waals surface area contributed by atoms with E-state index in [0.29, 0.717) is 25.5 Å². The van der Waals surface area contributed by atoms with Crippen molar-refractivity contribution >= 4 is 5.91 Å². The molecule has 2 aromatic rings. The van der Waals surface area contributed by atoms with Crippen molar-refractivity contribution in [1.29, 1.82) is 0 Å². The highest BCUT2D eigenvalue weighted by molar-refractivity contribution is 5.80. The first-order valence-corrected chi connectivity index (χ1v) is 8.01. The van der Waals surface area contributed by atoms with E-state index in [2.05, 4.69) is 5.32 Å². The number of carbonyl (C=O) groups excluding carboxylic acids is 1. The van der Waals surface area contributed by atoms with Gasteiger partial charge in [0.1, 0.15) is 19.0 Å². The van der Waals surface area contributed by atoms with Gasteiger partial charge >= 0.3 is 0 Å². The molecule has 1 unspecified atom stereocenters. The lowest BCUT2D eigenvalue weighted by atomic mass is 10.2. The van der Waals surface area contributed by atoms with Crippen LogP contribution in [0.2, 0.25) is 0 Å². The summed E-state index contributed by atoms with van der Waals surface area (Å²) < 4.78 is 16.7. The maximum atomic E-state index is 12.2. The average molecular weight is 327 g/mol. The van der Waals surface area contributed by atoms with Crippen LogP contribution >= 0.6 is 0 Å². The molecular formula is C19H21NO4. The van der Waals surface area contributed by atoms with Crippen molar-refractivity contribution in [3.63, 3.8) is 0 Å². The molecule has 0 saturated heterocycles. The van der Waals surface area contributed by atoms with Gasteiger partial charge in [-0.3, -0.25) is 4.79 Å². The summed E-state index contributed by atoms with van der Waals surface area (Å²) >= 11 is 0. The van der Waals surface area contributed by atoms with Crippen molar-refractivity contribution in [1.82, 2.24) is 5.32 Å². The topological polar surface area (TPSA) is 56.8 Å². The van der Waals surface area contributed by atoms with Crippen LogP contribution in [0, 0.1) is 6.92 Å². The summed E-state index contributed by atoms with van der Waals surface area (Å²) in [5.74, 6) is 1.98. The Morgan fingerprint density at radius 2 is 1.83 bits per heavy atom. The molecule has 1 aliphatic heterocycles. The van der Waals surface area contributed by atoms with Crippen molar-refractivity contribution in [2.24, 2.45) is 0 Å². The molecule has 1 N–H and O–H groups in total. The highest BCUT2D eigenvalue weighted by atomic mass is 16.6. The third-order valence-corrected chi connectivity index (χ3v) is 3.78. The number of fused-ring (bicyclic) bond motifs is 1. The molecule has 126 valence electrons. The highest BCUT2D eigenvalue weighted by Gasteiger charge is 2.15. The summed E-state index contributed by atoms with van der Waals surface area (Å²) in [5.41, 5.74) is 2.10. The van der Waals surface area contributed by atoms with Crippen molar-refractivity contribution < 1.29 is 19.0 Å². The summed E-state index contributed by atoms with van der Waals surface area (Å²) in [6.07, 6.45) is -0.565. The van der Waals surface area contributed by atoms with Crippen LogP contribution in [0.1, 0.15) is 18.1 Å². The normalized spacial score (nSPS) is 13.9. The van der Waals surface area contributed by atoms with E-state index in [9.17, 15) is 4.79 Å². The molecule has 0 aromatic heterocycles. The maximum absolute atomic E-state index is 12.2. The van der Waals surface area contributed by atoms with Crippen LogP contribution in [0.15, 0.2) is 42.5 Å². The first kappa shape index (κ1) is 16.2. The molecule has 0 aliphatic carbocycles. The Labute approximate surface area is 141 Å². The number of carbonyl (C=O) groups is 1. The second kappa shape index (κ2) is 7.25. The first-order valence-electron chi connectivity index (χ1n) is 8.01. The smallest absolute Gasteiger partial charge is 0.261 e. The van der Waals surface area contributed by atoms with Gasteiger partial charge in [-0.25, -0.2) is 0 Å². The molecule has 0 radical (unpaired) electrons. The van der Waals surface area contributed by atoms with Gasteiger partial charge in [-0.05, 0) is 43.7 Å². The lowest BCUT2D eigenvalue weighted by Gasteiger charge is -2.19. The summed E-state index contributed by atoms with van der Waals surface area (Å²) in [6, 6.07) is 13.3. The van der Waals surface area contributed by atoms with E-state index in [-0.39, 0.29) is 5.91 Å². The minimum Gasteiger partial charge on any atom is -0.486 e. The van der Waals surface area contributed by atoms with E-state index in [4.69, 9.17) is 14.2 Å². The van der Waals surface area contributed by atoms with E-state index in [1.165, 1.54) is 0 Å². The lowest BCUT2D eigenvalue weighted by Crippen LogP contribution is -2.35. The first-order chi connectivity index (χ1) is 11.6. The van der Waals surface area contributed by atoms with Gasteiger partial charge in [0, 0.05) is 6.54 Å². The summed E-state index contributed by atoms with van der Waals surface area (Å²) in [5, 5.41) is 2.88. The number of hydrogen-bond acceptors (Lipinski definition) is 4. The zero-order valence-electron chi connectivity index (χ0n) is 13.9. The number of aryl methyl sites for hydroxylation is 1. The SMILES string of the molecule is Cc1ccc(OC(C)C(=O)NCc2ccc3c(c2)OCCO3)cc1. The van der Waals surface area contributed by atoms with Gasteiger partial charge in [-0.15, -0.1) is 0 Å². The van der Waals surface area contributed by atoms with Crippen LogP contribution in [0.4, 0.5) is 0 Å². The molecule has 1 amide bonds. The lowest BCUT2D eigenvalue weighted by molar-refractivity contribution is -0.127. The fourth-order valence-corrected chi connectivity index (χ4v) is 2.41. The average Bonchev–Trinajstić information content (AvgIpc) is 2.61. The van der Waals surface area contributed by atoms with E-state index in [1.807, 2.05) is 49.4 Å². The Morgan fingerprint density at radius 3 is 2.58 bits per heavy atom. The fourth-order valence-electron chi connectivity index (χ4n) is 2.41. The van der Waals surface area contributed by atoms with Crippen LogP contribution in [0.25, 0.3) is 0 Å². The molecule has 1 aliphatic rings. The minimum absolute atomic E-state index is 0.162. The molecule has 5 nitrogen and oxygen atoms in total. The number of hydrogen-bond donors (Lipinski definition) is 1.